The van der Waals surface area contributed by atoms with Crippen molar-refractivity contribution in [2.45, 2.75) is 18.9 Å². The van der Waals surface area contributed by atoms with Crippen molar-refractivity contribution in [1.29, 1.82) is 0 Å². The predicted molar refractivity (Wildman–Crippen MR) is 89.3 cm³/mol. The average molecular weight is 352 g/mol. The Morgan fingerprint density at radius 2 is 2.17 bits per heavy atom. The maximum absolute atomic E-state index is 10.5. The molecule has 0 unspecified atom stereocenters. The molecule has 1 aliphatic carbocycles. The first-order valence-electron chi connectivity index (χ1n) is 9.79. The zero-order valence-corrected chi connectivity index (χ0v) is 13.5. The van der Waals surface area contributed by atoms with Crippen LogP contribution in [0.3, 0.4) is 0 Å². The first-order valence-corrected chi connectivity index (χ1v) is 7.95. The van der Waals surface area contributed by atoms with E-state index < -0.39 is 11.8 Å². The number of hydrogen-bond donors (Lipinski definition) is 2. The van der Waals surface area contributed by atoms with Gasteiger partial charge in [0.1, 0.15) is 0 Å². The van der Waals surface area contributed by atoms with Gasteiger partial charge in [-0.3, -0.25) is 4.90 Å². The standard InChI is InChI=1S/C17H17NO5S/c1-18-8-7-10-3-2-4-12-15(10)13(18)9-11-5-6-14(19)17(16(11)12)21-24-23-22-20/h2-6,13,19-20H,7-9H2,1H3/t13-/m1/s1/i2D,3D,4D,5D,6D. The first kappa shape index (κ1) is 11.0. The number of fused-ring (bicyclic) bond motifs is 2. The smallest absolute Gasteiger partial charge is 0.261 e. The van der Waals surface area contributed by atoms with Crippen molar-refractivity contribution in [1.82, 2.24) is 4.90 Å². The third-order valence-corrected chi connectivity index (χ3v) is 4.82. The Morgan fingerprint density at radius 1 is 1.29 bits per heavy atom. The Hall–Kier alpha value is -1.77. The van der Waals surface area contributed by atoms with Gasteiger partial charge in [0.2, 0.25) is 0 Å². The Balaban J connectivity index is 2.08. The van der Waals surface area contributed by atoms with Crippen LogP contribution in [0, 0.1) is 0 Å². The van der Waals surface area contributed by atoms with E-state index in [-0.39, 0.29) is 53.8 Å². The fraction of sp³-hybridized carbons (Fsp3) is 0.294. The van der Waals surface area contributed by atoms with Gasteiger partial charge in [0.15, 0.2) is 11.5 Å². The van der Waals surface area contributed by atoms with Gasteiger partial charge in [-0.2, -0.15) is 0 Å². The molecule has 4 rings (SSSR count). The van der Waals surface area contributed by atoms with E-state index in [4.69, 9.17) is 16.3 Å². The molecule has 126 valence electrons. The lowest BCUT2D eigenvalue weighted by atomic mass is 9.77. The van der Waals surface area contributed by atoms with Crippen molar-refractivity contribution in [3.63, 3.8) is 0 Å². The molecule has 0 fully saturated rings. The Bertz CT molecular complexity index is 1020. The van der Waals surface area contributed by atoms with Gasteiger partial charge in [-0.15, -0.1) is 0 Å². The third-order valence-electron chi connectivity index (χ3n) is 4.47. The highest BCUT2D eigenvalue weighted by atomic mass is 32.2. The first-order chi connectivity index (χ1) is 13.8. The lowest BCUT2D eigenvalue weighted by Crippen LogP contribution is -2.35. The molecule has 0 saturated carbocycles. The number of rotatable bonds is 4. The summed E-state index contributed by atoms with van der Waals surface area (Å²) < 4.78 is 51.0. The Kier molecular flexibility index (Phi) is 2.86. The average Bonchev–Trinajstić information content (AvgIpc) is 2.71. The maximum atomic E-state index is 10.5. The molecule has 0 amide bonds. The number of nitrogens with zero attached hydrogens (tertiary/aromatic N) is 1. The number of likely N-dealkylation sites (N-methyl/N-ethyl adjacent to an activating group) is 1. The minimum atomic E-state index is -0.625. The largest absolute Gasteiger partial charge is 0.504 e. The molecule has 7 heteroatoms. The molecule has 2 aliphatic rings. The van der Waals surface area contributed by atoms with E-state index in [1.165, 1.54) is 0 Å². The van der Waals surface area contributed by atoms with Gasteiger partial charge in [0.05, 0.1) is 6.85 Å². The molecule has 1 atom stereocenters. The second-order valence-corrected chi connectivity index (χ2v) is 6.11. The van der Waals surface area contributed by atoms with Crippen LogP contribution in [0.15, 0.2) is 30.2 Å². The maximum Gasteiger partial charge on any atom is 0.261 e. The summed E-state index contributed by atoms with van der Waals surface area (Å²) in [5, 5.41) is 22.3. The Labute approximate surface area is 150 Å². The molecule has 2 aromatic carbocycles. The van der Waals surface area contributed by atoms with Crippen LogP contribution in [-0.2, 0) is 22.2 Å². The molecule has 1 heterocycles. The van der Waals surface area contributed by atoms with E-state index in [1.54, 1.807) is 0 Å². The van der Waals surface area contributed by atoms with Gasteiger partial charge < -0.3 is 9.29 Å². The molecule has 0 spiro atoms. The van der Waals surface area contributed by atoms with Gasteiger partial charge in [0.25, 0.3) is 12.3 Å². The van der Waals surface area contributed by atoms with Crippen LogP contribution >= 0.6 is 12.3 Å². The van der Waals surface area contributed by atoms with Crippen molar-refractivity contribution in [3.05, 3.63) is 46.9 Å². The third kappa shape index (κ3) is 2.45. The quantitative estimate of drug-likeness (QED) is 0.378. The lowest BCUT2D eigenvalue weighted by Gasteiger charge is -2.40. The highest BCUT2D eigenvalue weighted by Gasteiger charge is 2.34. The number of phenolic OH excluding ortho intramolecular Hbond substituents is 1. The number of phenols is 1. The minimum Gasteiger partial charge on any atom is -0.504 e. The van der Waals surface area contributed by atoms with Crippen LogP contribution in [0.5, 0.6) is 11.5 Å². The molecule has 2 N–H and O–H groups in total. The molecule has 0 aromatic heterocycles. The van der Waals surface area contributed by atoms with E-state index in [1.807, 2.05) is 7.05 Å². The van der Waals surface area contributed by atoms with Gasteiger partial charge >= 0.3 is 0 Å². The number of aromatic hydroxyl groups is 1. The van der Waals surface area contributed by atoms with Gasteiger partial charge in [-0.1, -0.05) is 33.5 Å². The summed E-state index contributed by atoms with van der Waals surface area (Å²) in [7, 11) is 1.91. The van der Waals surface area contributed by atoms with Crippen molar-refractivity contribution < 1.29 is 30.8 Å². The summed E-state index contributed by atoms with van der Waals surface area (Å²) in [5.41, 5.74) is 2.31. The summed E-state index contributed by atoms with van der Waals surface area (Å²) in [6, 6.07) is -1.30. The molecule has 0 radical (unpaired) electrons. The van der Waals surface area contributed by atoms with E-state index in [0.717, 1.165) is 0 Å². The van der Waals surface area contributed by atoms with Crippen LogP contribution in [-0.4, -0.2) is 28.9 Å². The molecular weight excluding hydrogens is 330 g/mol. The van der Waals surface area contributed by atoms with E-state index in [9.17, 15) is 5.11 Å². The highest BCUT2D eigenvalue weighted by molar-refractivity contribution is 7.90. The summed E-state index contributed by atoms with van der Waals surface area (Å²) in [6.07, 6.45) is 0.865. The molecule has 1 aliphatic heterocycles. The summed E-state index contributed by atoms with van der Waals surface area (Å²) in [4.78, 5) is 2.06. The zero-order chi connectivity index (χ0) is 21.0. The predicted octanol–water partition coefficient (Wildman–Crippen LogP) is 3.51. The minimum absolute atomic E-state index is 0.0107. The molecular formula is C17H17NO5S. The van der Waals surface area contributed by atoms with E-state index in [2.05, 4.69) is 14.3 Å². The van der Waals surface area contributed by atoms with Crippen molar-refractivity contribution in [2.75, 3.05) is 13.6 Å². The number of benzene rings is 2. The molecule has 0 bridgehead atoms. The van der Waals surface area contributed by atoms with Crippen LogP contribution in [0.2, 0.25) is 0 Å². The molecule has 0 saturated heterocycles. The summed E-state index contributed by atoms with van der Waals surface area (Å²) in [5.74, 6) is -0.845. The Morgan fingerprint density at radius 3 is 3.00 bits per heavy atom. The molecule has 24 heavy (non-hydrogen) atoms. The van der Waals surface area contributed by atoms with Gasteiger partial charge in [-0.25, -0.2) is 5.26 Å². The van der Waals surface area contributed by atoms with E-state index in [0.29, 0.717) is 41.6 Å². The van der Waals surface area contributed by atoms with Crippen molar-refractivity contribution in [2.24, 2.45) is 0 Å². The second-order valence-electron chi connectivity index (χ2n) is 5.67. The van der Waals surface area contributed by atoms with Crippen LogP contribution in [0.25, 0.3) is 11.1 Å². The molecule has 2 aromatic rings. The fourth-order valence-corrected chi connectivity index (χ4v) is 3.68. The fourth-order valence-electron chi connectivity index (χ4n) is 3.40. The topological polar surface area (TPSA) is 71.4 Å². The number of hydrogen-bond acceptors (Lipinski definition) is 7. The zero-order valence-electron chi connectivity index (χ0n) is 17.7. The monoisotopic (exact) mass is 352 g/mol. The normalized spacial score (nSPS) is 21.8. The van der Waals surface area contributed by atoms with Crippen LogP contribution in [0.1, 0.15) is 29.6 Å². The van der Waals surface area contributed by atoms with Crippen LogP contribution in [0.4, 0.5) is 0 Å². The van der Waals surface area contributed by atoms with Crippen molar-refractivity contribution in [3.8, 4) is 22.6 Å². The summed E-state index contributed by atoms with van der Waals surface area (Å²) in [6.45, 7) is 0.662. The lowest BCUT2D eigenvalue weighted by molar-refractivity contribution is -0.433. The molecule has 6 nitrogen and oxygen atoms in total. The summed E-state index contributed by atoms with van der Waals surface area (Å²) >= 11 is 0.189. The highest BCUT2D eigenvalue weighted by Crippen LogP contribution is 2.51. The second kappa shape index (κ2) is 6.27. The van der Waals surface area contributed by atoms with Gasteiger partial charge in [0, 0.05) is 18.2 Å². The SMILES string of the molecule is [2H]c1c([2H])c2c3c(c1[2H])-c1c(c([2H])c([2H])c(O)c1OSOOO)C[C@H]3N(C)CC2. The van der Waals surface area contributed by atoms with Crippen LogP contribution < -0.4 is 4.18 Å². The van der Waals surface area contributed by atoms with Gasteiger partial charge in [-0.05, 0) is 48.2 Å². The van der Waals surface area contributed by atoms with Crippen molar-refractivity contribution >= 4 is 12.3 Å². The van der Waals surface area contributed by atoms with E-state index >= 15 is 0 Å².